The number of amides is 2. The van der Waals surface area contributed by atoms with E-state index in [1.54, 1.807) is 19.0 Å². The maximum absolute atomic E-state index is 12.3. The maximum atomic E-state index is 12.3. The number of hydrogen-bond donors (Lipinski definition) is 2. The Balaban J connectivity index is 0.00000338. The first kappa shape index (κ1) is 22.5. The van der Waals surface area contributed by atoms with Crippen LogP contribution in [-0.4, -0.2) is 43.9 Å². The molecule has 1 saturated carbocycles. The Morgan fingerprint density at radius 2 is 1.88 bits per heavy atom. The lowest BCUT2D eigenvalue weighted by Gasteiger charge is -2.35. The molecule has 26 heavy (non-hydrogen) atoms. The van der Waals surface area contributed by atoms with E-state index in [9.17, 15) is 9.59 Å². The third-order valence-electron chi connectivity index (χ3n) is 5.20. The molecule has 0 radical (unpaired) electrons. The van der Waals surface area contributed by atoms with Crippen LogP contribution in [0.2, 0.25) is 0 Å². The molecule has 0 heterocycles. The zero-order valence-corrected chi connectivity index (χ0v) is 16.7. The van der Waals surface area contributed by atoms with Gasteiger partial charge in [0, 0.05) is 32.6 Å². The van der Waals surface area contributed by atoms with Gasteiger partial charge < -0.3 is 16.0 Å². The van der Waals surface area contributed by atoms with E-state index in [2.05, 4.69) is 5.32 Å². The Morgan fingerprint density at radius 1 is 1.19 bits per heavy atom. The van der Waals surface area contributed by atoms with Gasteiger partial charge in [-0.3, -0.25) is 9.59 Å². The summed E-state index contributed by atoms with van der Waals surface area (Å²) < 4.78 is 0. The van der Waals surface area contributed by atoms with Gasteiger partial charge in [-0.25, -0.2) is 0 Å². The molecule has 1 aromatic carbocycles. The van der Waals surface area contributed by atoms with E-state index in [0.29, 0.717) is 25.1 Å². The molecule has 6 heteroatoms. The fraction of sp³-hybridized carbons (Fsp3) is 0.600. The molecule has 0 atom stereocenters. The van der Waals surface area contributed by atoms with Crippen LogP contribution in [0.3, 0.4) is 0 Å². The van der Waals surface area contributed by atoms with Crippen LogP contribution >= 0.6 is 12.4 Å². The Morgan fingerprint density at radius 3 is 2.50 bits per heavy atom. The summed E-state index contributed by atoms with van der Waals surface area (Å²) in [6.07, 6.45) is 6.98. The monoisotopic (exact) mass is 381 g/mol. The molecule has 0 aliphatic heterocycles. The molecular weight excluding hydrogens is 350 g/mol. The number of nitrogens with zero attached hydrogens (tertiary/aromatic N) is 1. The Labute approximate surface area is 163 Å². The second-order valence-corrected chi connectivity index (χ2v) is 7.44. The summed E-state index contributed by atoms with van der Waals surface area (Å²) in [5, 5.41) is 3.02. The van der Waals surface area contributed by atoms with E-state index >= 15 is 0 Å². The van der Waals surface area contributed by atoms with Crippen molar-refractivity contribution in [3.05, 3.63) is 35.4 Å². The highest BCUT2D eigenvalue weighted by Gasteiger charge is 2.32. The van der Waals surface area contributed by atoms with Gasteiger partial charge in [-0.1, -0.05) is 31.4 Å². The molecule has 0 unspecified atom stereocenters. The Bertz CT molecular complexity index is 598. The third kappa shape index (κ3) is 6.29. The van der Waals surface area contributed by atoms with Crippen molar-refractivity contribution in [1.29, 1.82) is 0 Å². The third-order valence-corrected chi connectivity index (χ3v) is 5.20. The molecule has 0 saturated heterocycles. The minimum Gasteiger partial charge on any atom is -0.356 e. The van der Waals surface area contributed by atoms with Crippen molar-refractivity contribution in [2.24, 2.45) is 11.1 Å². The molecule has 1 aliphatic carbocycles. The molecule has 1 aromatic rings. The van der Waals surface area contributed by atoms with Crippen LogP contribution in [0.1, 0.15) is 54.4 Å². The zero-order chi connectivity index (χ0) is 18.3. The first-order valence-corrected chi connectivity index (χ1v) is 9.23. The maximum Gasteiger partial charge on any atom is 0.253 e. The molecule has 1 fully saturated rings. The summed E-state index contributed by atoms with van der Waals surface area (Å²) in [4.78, 5) is 25.9. The topological polar surface area (TPSA) is 75.4 Å². The average Bonchev–Trinajstić information content (AvgIpc) is 2.62. The SMILES string of the molecule is CN(C)C(=O)c1cccc(CCNC(=O)CC2(CN)CCCCC2)c1.Cl. The average molecular weight is 382 g/mol. The molecule has 5 nitrogen and oxygen atoms in total. The first-order chi connectivity index (χ1) is 12.0. The fourth-order valence-electron chi connectivity index (χ4n) is 3.62. The van der Waals surface area contributed by atoms with Gasteiger partial charge in [-0.2, -0.15) is 0 Å². The number of nitrogens with two attached hydrogens (primary N) is 1. The molecule has 0 bridgehead atoms. The minimum atomic E-state index is -0.00642. The molecule has 2 amide bonds. The Kier molecular flexibility index (Phi) is 9.09. The van der Waals surface area contributed by atoms with E-state index in [4.69, 9.17) is 5.73 Å². The van der Waals surface area contributed by atoms with Gasteiger partial charge >= 0.3 is 0 Å². The van der Waals surface area contributed by atoms with Crippen molar-refractivity contribution in [2.45, 2.75) is 44.9 Å². The number of benzene rings is 1. The summed E-state index contributed by atoms with van der Waals surface area (Å²) in [5.74, 6) is 0.0842. The van der Waals surface area contributed by atoms with E-state index in [1.165, 1.54) is 19.3 Å². The van der Waals surface area contributed by atoms with Crippen molar-refractivity contribution < 1.29 is 9.59 Å². The van der Waals surface area contributed by atoms with Gasteiger partial charge in [-0.15, -0.1) is 12.4 Å². The van der Waals surface area contributed by atoms with Crippen molar-refractivity contribution >= 4 is 24.2 Å². The second-order valence-electron chi connectivity index (χ2n) is 7.44. The van der Waals surface area contributed by atoms with Crippen LogP contribution in [0.4, 0.5) is 0 Å². The summed E-state index contributed by atoms with van der Waals surface area (Å²) in [6.45, 7) is 1.17. The normalized spacial score (nSPS) is 15.7. The number of carbonyl (C=O) groups excluding carboxylic acids is 2. The Hall–Kier alpha value is -1.59. The standard InChI is InChI=1S/C20H31N3O2.ClH/c1-23(2)19(25)17-8-6-7-16(13-17)9-12-22-18(24)14-20(15-21)10-4-3-5-11-20;/h6-8,13H,3-5,9-12,14-15,21H2,1-2H3,(H,22,24);1H. The predicted molar refractivity (Wildman–Crippen MR) is 108 cm³/mol. The number of carbonyl (C=O) groups is 2. The summed E-state index contributed by atoms with van der Waals surface area (Å²) in [5.41, 5.74) is 7.69. The molecule has 146 valence electrons. The molecular formula is C20H32ClN3O2. The molecule has 1 aliphatic rings. The van der Waals surface area contributed by atoms with Crippen LogP contribution in [0.15, 0.2) is 24.3 Å². The van der Waals surface area contributed by atoms with Crippen LogP contribution in [0.25, 0.3) is 0 Å². The highest BCUT2D eigenvalue weighted by Crippen LogP contribution is 2.38. The van der Waals surface area contributed by atoms with Gasteiger partial charge in [-0.05, 0) is 48.9 Å². The minimum absolute atomic E-state index is 0. The van der Waals surface area contributed by atoms with E-state index in [0.717, 1.165) is 24.8 Å². The summed E-state index contributed by atoms with van der Waals surface area (Å²) in [6, 6.07) is 7.59. The molecule has 0 aromatic heterocycles. The van der Waals surface area contributed by atoms with Crippen LogP contribution in [-0.2, 0) is 11.2 Å². The number of rotatable bonds is 7. The van der Waals surface area contributed by atoms with Gasteiger partial charge in [0.2, 0.25) is 5.91 Å². The smallest absolute Gasteiger partial charge is 0.253 e. The zero-order valence-electron chi connectivity index (χ0n) is 15.9. The lowest BCUT2D eigenvalue weighted by Crippen LogP contribution is -2.39. The second kappa shape index (κ2) is 10.5. The lowest BCUT2D eigenvalue weighted by atomic mass is 9.71. The molecule has 0 spiro atoms. The van der Waals surface area contributed by atoms with Crippen LogP contribution in [0, 0.1) is 5.41 Å². The molecule has 2 rings (SSSR count). The lowest BCUT2D eigenvalue weighted by molar-refractivity contribution is -0.123. The van der Waals surface area contributed by atoms with Crippen molar-refractivity contribution in [3.8, 4) is 0 Å². The highest BCUT2D eigenvalue weighted by molar-refractivity contribution is 5.94. The van der Waals surface area contributed by atoms with Crippen LogP contribution in [0.5, 0.6) is 0 Å². The summed E-state index contributed by atoms with van der Waals surface area (Å²) >= 11 is 0. The van der Waals surface area contributed by atoms with Crippen molar-refractivity contribution in [2.75, 3.05) is 27.2 Å². The number of nitrogens with one attached hydrogen (secondary N) is 1. The fourth-order valence-corrected chi connectivity index (χ4v) is 3.62. The van der Waals surface area contributed by atoms with Gasteiger partial charge in [0.15, 0.2) is 0 Å². The van der Waals surface area contributed by atoms with E-state index in [-0.39, 0.29) is 29.6 Å². The highest BCUT2D eigenvalue weighted by atomic mass is 35.5. The summed E-state index contributed by atoms with van der Waals surface area (Å²) in [7, 11) is 3.49. The van der Waals surface area contributed by atoms with Gasteiger partial charge in [0.1, 0.15) is 0 Å². The molecule has 3 N–H and O–H groups in total. The van der Waals surface area contributed by atoms with Crippen molar-refractivity contribution in [1.82, 2.24) is 10.2 Å². The predicted octanol–water partition coefficient (Wildman–Crippen LogP) is 2.77. The largest absolute Gasteiger partial charge is 0.356 e. The van der Waals surface area contributed by atoms with Gasteiger partial charge in [0.25, 0.3) is 5.91 Å². The van der Waals surface area contributed by atoms with Gasteiger partial charge in [0.05, 0.1) is 0 Å². The van der Waals surface area contributed by atoms with E-state index < -0.39 is 0 Å². The van der Waals surface area contributed by atoms with Crippen molar-refractivity contribution in [3.63, 3.8) is 0 Å². The number of hydrogen-bond acceptors (Lipinski definition) is 3. The number of halogens is 1. The first-order valence-electron chi connectivity index (χ1n) is 9.23. The van der Waals surface area contributed by atoms with Crippen LogP contribution < -0.4 is 11.1 Å². The quantitative estimate of drug-likeness (QED) is 0.762. The van der Waals surface area contributed by atoms with E-state index in [1.807, 2.05) is 24.3 Å².